The van der Waals surface area contributed by atoms with Crippen molar-refractivity contribution in [1.82, 2.24) is 15.1 Å². The first kappa shape index (κ1) is 16.3. The van der Waals surface area contributed by atoms with Gasteiger partial charge >= 0.3 is 6.03 Å². The van der Waals surface area contributed by atoms with Crippen molar-refractivity contribution in [2.24, 2.45) is 0 Å². The van der Waals surface area contributed by atoms with Gasteiger partial charge in [-0.1, -0.05) is 42.5 Å². The maximum atomic E-state index is 11.9. The van der Waals surface area contributed by atoms with Gasteiger partial charge in [0.1, 0.15) is 18.4 Å². The van der Waals surface area contributed by atoms with Gasteiger partial charge < -0.3 is 10.1 Å². The maximum absolute atomic E-state index is 11.9. The highest BCUT2D eigenvalue weighted by Crippen LogP contribution is 2.14. The van der Waals surface area contributed by atoms with Crippen LogP contribution in [0.5, 0.6) is 5.75 Å². The highest BCUT2D eigenvalue weighted by molar-refractivity contribution is 5.75. The Morgan fingerprint density at radius 1 is 1.12 bits per heavy atom. The monoisotopic (exact) mass is 332 g/mol. The molecule has 0 radical (unpaired) electrons. The third-order valence-electron chi connectivity index (χ3n) is 3.54. The standard InChI is InChI=1S/C19H16N4O2/c20-10-17-12-22-23(13-17)19(24)21-11-15-6-8-18(9-7-15)25-14-16-4-2-1-3-5-16/h1-9,12-13H,11,14H2,(H,21,24). The van der Waals surface area contributed by atoms with E-state index in [4.69, 9.17) is 10.00 Å². The largest absolute Gasteiger partial charge is 0.489 e. The second-order valence-electron chi connectivity index (χ2n) is 5.36. The van der Waals surface area contributed by atoms with Gasteiger partial charge in [0.2, 0.25) is 0 Å². The molecule has 124 valence electrons. The van der Waals surface area contributed by atoms with Crippen LogP contribution >= 0.6 is 0 Å². The minimum Gasteiger partial charge on any atom is -0.489 e. The third-order valence-corrected chi connectivity index (χ3v) is 3.54. The Hall–Kier alpha value is -3.59. The number of nitrogens with zero attached hydrogens (tertiary/aromatic N) is 3. The molecule has 0 bridgehead atoms. The Bertz CT molecular complexity index is 880. The second kappa shape index (κ2) is 7.79. The number of ether oxygens (including phenoxy) is 1. The molecule has 2 aromatic carbocycles. The van der Waals surface area contributed by atoms with E-state index in [0.29, 0.717) is 18.7 Å². The lowest BCUT2D eigenvalue weighted by Gasteiger charge is -2.08. The summed E-state index contributed by atoms with van der Waals surface area (Å²) < 4.78 is 6.83. The van der Waals surface area contributed by atoms with Crippen LogP contribution in [-0.2, 0) is 13.2 Å². The summed E-state index contributed by atoms with van der Waals surface area (Å²) in [4.78, 5) is 11.9. The molecule has 3 rings (SSSR count). The molecule has 25 heavy (non-hydrogen) atoms. The SMILES string of the molecule is N#Cc1cnn(C(=O)NCc2ccc(OCc3ccccc3)cc2)c1. The number of nitriles is 1. The zero-order valence-corrected chi connectivity index (χ0v) is 13.4. The van der Waals surface area contributed by atoms with Gasteiger partial charge in [0.25, 0.3) is 0 Å². The summed E-state index contributed by atoms with van der Waals surface area (Å²) in [6.45, 7) is 0.872. The fourth-order valence-electron chi connectivity index (χ4n) is 2.19. The number of rotatable bonds is 5. The number of hydrogen-bond acceptors (Lipinski definition) is 4. The van der Waals surface area contributed by atoms with E-state index in [1.165, 1.54) is 12.4 Å². The summed E-state index contributed by atoms with van der Waals surface area (Å²) in [5.74, 6) is 0.768. The number of carbonyl (C=O) groups is 1. The number of benzene rings is 2. The second-order valence-corrected chi connectivity index (χ2v) is 5.36. The van der Waals surface area contributed by atoms with E-state index in [2.05, 4.69) is 10.4 Å². The molecule has 0 saturated heterocycles. The molecule has 0 fully saturated rings. The van der Waals surface area contributed by atoms with Crippen LogP contribution in [0.2, 0.25) is 0 Å². The van der Waals surface area contributed by atoms with E-state index >= 15 is 0 Å². The molecule has 6 nitrogen and oxygen atoms in total. The van der Waals surface area contributed by atoms with Crippen molar-refractivity contribution in [2.45, 2.75) is 13.2 Å². The van der Waals surface area contributed by atoms with Crippen LogP contribution in [0.15, 0.2) is 67.0 Å². The predicted octanol–water partition coefficient (Wildman–Crippen LogP) is 3.09. The fourth-order valence-corrected chi connectivity index (χ4v) is 2.19. The van der Waals surface area contributed by atoms with Crippen LogP contribution < -0.4 is 10.1 Å². The summed E-state index contributed by atoms with van der Waals surface area (Å²) in [5.41, 5.74) is 2.39. The van der Waals surface area contributed by atoms with Crippen molar-refractivity contribution < 1.29 is 9.53 Å². The summed E-state index contributed by atoms with van der Waals surface area (Å²) >= 11 is 0. The lowest BCUT2D eigenvalue weighted by molar-refractivity contribution is 0.239. The van der Waals surface area contributed by atoms with Gasteiger partial charge in [-0.05, 0) is 23.3 Å². The highest BCUT2D eigenvalue weighted by Gasteiger charge is 2.06. The van der Waals surface area contributed by atoms with Gasteiger partial charge in [0, 0.05) is 6.54 Å². The number of amides is 1. The molecule has 6 heteroatoms. The van der Waals surface area contributed by atoms with Gasteiger partial charge in [-0.15, -0.1) is 0 Å². The average Bonchev–Trinajstić information content (AvgIpc) is 3.15. The van der Waals surface area contributed by atoms with Crippen molar-refractivity contribution in [3.05, 3.63) is 83.7 Å². The van der Waals surface area contributed by atoms with Gasteiger partial charge in [-0.25, -0.2) is 4.79 Å². The molecule has 1 amide bonds. The first-order valence-electron chi connectivity index (χ1n) is 7.73. The third kappa shape index (κ3) is 4.45. The van der Waals surface area contributed by atoms with Crippen LogP contribution in [0.4, 0.5) is 4.79 Å². The molecule has 0 aliphatic carbocycles. The van der Waals surface area contributed by atoms with E-state index in [-0.39, 0.29) is 6.03 Å². The Kier molecular flexibility index (Phi) is 5.07. The van der Waals surface area contributed by atoms with Gasteiger partial charge in [-0.3, -0.25) is 0 Å². The molecule has 0 saturated carbocycles. The van der Waals surface area contributed by atoms with Crippen LogP contribution in [-0.4, -0.2) is 15.8 Å². The molecular formula is C19H16N4O2. The van der Waals surface area contributed by atoms with Gasteiger partial charge in [0.15, 0.2) is 0 Å². The summed E-state index contributed by atoms with van der Waals surface area (Å²) in [7, 11) is 0. The Morgan fingerprint density at radius 3 is 2.56 bits per heavy atom. The lowest BCUT2D eigenvalue weighted by Crippen LogP contribution is -2.28. The molecule has 0 aliphatic heterocycles. The van der Waals surface area contributed by atoms with Crippen LogP contribution in [0, 0.1) is 11.3 Å². The van der Waals surface area contributed by atoms with Crippen molar-refractivity contribution >= 4 is 6.03 Å². The fraction of sp³-hybridized carbons (Fsp3) is 0.105. The first-order valence-corrected chi connectivity index (χ1v) is 7.73. The molecule has 0 spiro atoms. The van der Waals surface area contributed by atoms with Crippen molar-refractivity contribution in [2.75, 3.05) is 0 Å². The van der Waals surface area contributed by atoms with Crippen LogP contribution in [0.1, 0.15) is 16.7 Å². The zero-order valence-electron chi connectivity index (χ0n) is 13.4. The van der Waals surface area contributed by atoms with E-state index in [1.54, 1.807) is 0 Å². The molecule has 0 unspecified atom stereocenters. The van der Waals surface area contributed by atoms with Crippen molar-refractivity contribution in [3.63, 3.8) is 0 Å². The van der Waals surface area contributed by atoms with Crippen LogP contribution in [0.25, 0.3) is 0 Å². The molecular weight excluding hydrogens is 316 g/mol. The van der Waals surface area contributed by atoms with Crippen LogP contribution in [0.3, 0.4) is 0 Å². The number of nitrogens with one attached hydrogen (secondary N) is 1. The first-order chi connectivity index (χ1) is 12.2. The molecule has 1 heterocycles. The number of aromatic nitrogens is 2. The van der Waals surface area contributed by atoms with E-state index < -0.39 is 0 Å². The summed E-state index contributed by atoms with van der Waals surface area (Å²) in [5, 5.41) is 15.3. The van der Waals surface area contributed by atoms with Crippen molar-refractivity contribution in [1.29, 1.82) is 5.26 Å². The topological polar surface area (TPSA) is 79.9 Å². The Balaban J connectivity index is 1.50. The maximum Gasteiger partial charge on any atom is 0.342 e. The van der Waals surface area contributed by atoms with Crippen molar-refractivity contribution in [3.8, 4) is 11.8 Å². The minimum atomic E-state index is -0.383. The number of hydrogen-bond donors (Lipinski definition) is 1. The molecule has 1 aromatic heterocycles. The molecule has 0 aliphatic rings. The molecule has 3 aromatic rings. The van der Waals surface area contributed by atoms with E-state index in [9.17, 15) is 4.79 Å². The summed E-state index contributed by atoms with van der Waals surface area (Å²) in [6, 6.07) is 19.0. The molecule has 0 atom stereocenters. The molecule has 1 N–H and O–H groups in total. The minimum absolute atomic E-state index is 0.343. The predicted molar refractivity (Wildman–Crippen MR) is 91.8 cm³/mol. The Labute approximate surface area is 145 Å². The Morgan fingerprint density at radius 2 is 1.88 bits per heavy atom. The zero-order chi connectivity index (χ0) is 17.5. The smallest absolute Gasteiger partial charge is 0.342 e. The van der Waals surface area contributed by atoms with Gasteiger partial charge in [-0.2, -0.15) is 15.0 Å². The normalized spacial score (nSPS) is 10.0. The summed E-state index contributed by atoms with van der Waals surface area (Å²) in [6.07, 6.45) is 2.73. The lowest BCUT2D eigenvalue weighted by atomic mass is 10.2. The number of carbonyl (C=O) groups excluding carboxylic acids is 1. The van der Waals surface area contributed by atoms with E-state index in [1.807, 2.05) is 60.7 Å². The average molecular weight is 332 g/mol. The van der Waals surface area contributed by atoms with E-state index in [0.717, 1.165) is 21.6 Å². The van der Waals surface area contributed by atoms with Gasteiger partial charge in [0.05, 0.1) is 18.0 Å². The highest BCUT2D eigenvalue weighted by atomic mass is 16.5. The quantitative estimate of drug-likeness (QED) is 0.778.